The van der Waals surface area contributed by atoms with E-state index >= 15 is 0 Å². The van der Waals surface area contributed by atoms with Gasteiger partial charge in [0.05, 0.1) is 28.4 Å². The average molecular weight is 404 g/mol. The third kappa shape index (κ3) is 4.84. The van der Waals surface area contributed by atoms with E-state index in [-0.39, 0.29) is 17.6 Å². The molecule has 2 amide bonds. The van der Waals surface area contributed by atoms with Crippen LogP contribution in [0.15, 0.2) is 40.3 Å². The largest absolute Gasteiger partial charge is 0.459 e. The second-order valence-corrected chi connectivity index (χ2v) is 8.64. The molecule has 0 aliphatic carbocycles. The summed E-state index contributed by atoms with van der Waals surface area (Å²) in [7, 11) is 0. The van der Waals surface area contributed by atoms with Crippen molar-refractivity contribution in [3.8, 4) is 10.6 Å². The molecule has 0 radical (unpaired) electrons. The van der Waals surface area contributed by atoms with Gasteiger partial charge in [0.1, 0.15) is 6.04 Å². The molecule has 0 aliphatic heterocycles. The Balaban J connectivity index is 1.59. The molecule has 3 heterocycles. The summed E-state index contributed by atoms with van der Waals surface area (Å²) >= 11 is 3.22. The van der Waals surface area contributed by atoms with Crippen molar-refractivity contribution in [1.82, 2.24) is 15.6 Å². The highest BCUT2D eigenvalue weighted by Crippen LogP contribution is 2.28. The first kappa shape index (κ1) is 19.3. The summed E-state index contributed by atoms with van der Waals surface area (Å²) < 4.78 is 5.08. The van der Waals surface area contributed by atoms with E-state index < -0.39 is 11.9 Å². The highest BCUT2D eigenvalue weighted by Gasteiger charge is 2.25. The van der Waals surface area contributed by atoms with Gasteiger partial charge in [0.25, 0.3) is 5.91 Å². The molecule has 0 aliphatic rings. The van der Waals surface area contributed by atoms with E-state index in [1.807, 2.05) is 38.3 Å². The fourth-order valence-corrected chi connectivity index (χ4v) is 4.12. The minimum absolute atomic E-state index is 0.0548. The summed E-state index contributed by atoms with van der Waals surface area (Å²) in [6.07, 6.45) is 1.43. The number of amides is 2. The summed E-state index contributed by atoms with van der Waals surface area (Å²) in [5.74, 6) is -0.480. The fraction of sp³-hybridized carbons (Fsp3) is 0.316. The first-order chi connectivity index (χ1) is 12.9. The van der Waals surface area contributed by atoms with Crippen LogP contribution in [0.2, 0.25) is 0 Å². The number of nitrogens with one attached hydrogen (secondary N) is 2. The molecule has 8 heteroatoms. The van der Waals surface area contributed by atoms with Gasteiger partial charge >= 0.3 is 0 Å². The van der Waals surface area contributed by atoms with Gasteiger partial charge in [-0.25, -0.2) is 4.98 Å². The van der Waals surface area contributed by atoms with Gasteiger partial charge < -0.3 is 15.1 Å². The highest BCUT2D eigenvalue weighted by molar-refractivity contribution is 7.16. The Morgan fingerprint density at radius 1 is 1.26 bits per heavy atom. The van der Waals surface area contributed by atoms with Crippen LogP contribution in [0.4, 0.5) is 0 Å². The van der Waals surface area contributed by atoms with Gasteiger partial charge in [-0.05, 0) is 37.1 Å². The Kier molecular flexibility index (Phi) is 6.08. The second kappa shape index (κ2) is 8.49. The van der Waals surface area contributed by atoms with Crippen LogP contribution in [0.25, 0.3) is 10.6 Å². The fourth-order valence-electron chi connectivity index (χ4n) is 2.53. The van der Waals surface area contributed by atoms with E-state index in [1.165, 1.54) is 6.26 Å². The number of nitrogens with zero attached hydrogens (tertiary/aromatic N) is 1. The van der Waals surface area contributed by atoms with Crippen molar-refractivity contribution in [1.29, 1.82) is 0 Å². The quantitative estimate of drug-likeness (QED) is 0.628. The Labute approximate surface area is 165 Å². The second-order valence-electron chi connectivity index (χ2n) is 6.41. The summed E-state index contributed by atoms with van der Waals surface area (Å²) in [5, 5.41) is 8.71. The molecule has 0 saturated carbocycles. The van der Waals surface area contributed by atoms with E-state index in [4.69, 9.17) is 4.42 Å². The van der Waals surface area contributed by atoms with Gasteiger partial charge in [-0.15, -0.1) is 22.7 Å². The standard InChI is InChI=1S/C19H21N3O3S2/c1-11(2)17(22-18(23)15-5-4-8-25-15)19(24)20-9-13-6-7-16(27-13)14-10-26-12(3)21-14/h4-8,10-11,17H,9H2,1-3H3,(H,20,24)(H,22,23)/t17-/m0/s1. The molecule has 142 valence electrons. The van der Waals surface area contributed by atoms with Crippen LogP contribution in [0, 0.1) is 12.8 Å². The molecule has 27 heavy (non-hydrogen) atoms. The predicted octanol–water partition coefficient (Wildman–Crippen LogP) is 3.84. The third-order valence-corrected chi connectivity index (χ3v) is 5.83. The summed E-state index contributed by atoms with van der Waals surface area (Å²) in [5.41, 5.74) is 0.964. The van der Waals surface area contributed by atoms with Crippen molar-refractivity contribution >= 4 is 34.5 Å². The molecular weight excluding hydrogens is 382 g/mol. The van der Waals surface area contributed by atoms with Crippen LogP contribution >= 0.6 is 22.7 Å². The number of hydrogen-bond acceptors (Lipinski definition) is 6. The molecule has 6 nitrogen and oxygen atoms in total. The van der Waals surface area contributed by atoms with Crippen molar-refractivity contribution in [2.24, 2.45) is 5.92 Å². The SMILES string of the molecule is Cc1nc(-c2ccc(CNC(=O)[C@@H](NC(=O)c3ccco3)C(C)C)s2)cs1. The van der Waals surface area contributed by atoms with Crippen molar-refractivity contribution in [3.05, 3.63) is 51.6 Å². The van der Waals surface area contributed by atoms with E-state index in [9.17, 15) is 9.59 Å². The smallest absolute Gasteiger partial charge is 0.287 e. The van der Waals surface area contributed by atoms with Gasteiger partial charge in [-0.1, -0.05) is 13.8 Å². The molecule has 0 spiro atoms. The molecule has 1 atom stereocenters. The number of aryl methyl sites for hydroxylation is 1. The Morgan fingerprint density at radius 3 is 2.70 bits per heavy atom. The van der Waals surface area contributed by atoms with Crippen molar-refractivity contribution in [2.45, 2.75) is 33.4 Å². The lowest BCUT2D eigenvalue weighted by atomic mass is 10.0. The molecule has 0 aromatic carbocycles. The summed E-state index contributed by atoms with van der Waals surface area (Å²) in [6.45, 7) is 6.17. The van der Waals surface area contributed by atoms with E-state index in [0.29, 0.717) is 6.54 Å². The molecule has 0 fully saturated rings. The van der Waals surface area contributed by atoms with Crippen LogP contribution in [0.5, 0.6) is 0 Å². The Hall–Kier alpha value is -2.45. The lowest BCUT2D eigenvalue weighted by Crippen LogP contribution is -2.49. The number of furan rings is 1. The molecule has 3 aromatic rings. The van der Waals surface area contributed by atoms with E-state index in [0.717, 1.165) is 20.5 Å². The molecule has 2 N–H and O–H groups in total. The molecule has 0 bridgehead atoms. The number of thiophene rings is 1. The number of hydrogen-bond donors (Lipinski definition) is 2. The number of carbonyl (C=O) groups excluding carboxylic acids is 2. The Bertz CT molecular complexity index is 912. The average Bonchev–Trinajstić information content (AvgIpc) is 3.37. The summed E-state index contributed by atoms with van der Waals surface area (Å²) in [4.78, 5) is 31.3. The van der Waals surface area contributed by atoms with Gasteiger partial charge in [0, 0.05) is 10.3 Å². The Morgan fingerprint density at radius 2 is 2.07 bits per heavy atom. The zero-order valence-electron chi connectivity index (χ0n) is 15.3. The maximum Gasteiger partial charge on any atom is 0.287 e. The van der Waals surface area contributed by atoms with Crippen LogP contribution in [0.3, 0.4) is 0 Å². The maximum absolute atomic E-state index is 12.6. The normalized spacial score (nSPS) is 12.1. The van der Waals surface area contributed by atoms with Crippen LogP contribution in [0.1, 0.15) is 34.3 Å². The number of rotatable bonds is 7. The highest BCUT2D eigenvalue weighted by atomic mass is 32.1. The first-order valence-corrected chi connectivity index (χ1v) is 10.3. The first-order valence-electron chi connectivity index (χ1n) is 8.57. The van der Waals surface area contributed by atoms with Gasteiger partial charge in [-0.2, -0.15) is 0 Å². The maximum atomic E-state index is 12.6. The monoisotopic (exact) mass is 403 g/mol. The molecular formula is C19H21N3O3S2. The minimum atomic E-state index is -0.636. The lowest BCUT2D eigenvalue weighted by Gasteiger charge is -2.21. The van der Waals surface area contributed by atoms with Crippen molar-refractivity contribution in [2.75, 3.05) is 0 Å². The zero-order valence-corrected chi connectivity index (χ0v) is 16.9. The van der Waals surface area contributed by atoms with Crippen LogP contribution in [-0.4, -0.2) is 22.8 Å². The summed E-state index contributed by atoms with van der Waals surface area (Å²) in [6, 6.07) is 6.57. The molecule has 3 rings (SSSR count). The zero-order chi connectivity index (χ0) is 19.4. The minimum Gasteiger partial charge on any atom is -0.459 e. The molecule has 3 aromatic heterocycles. The van der Waals surface area contributed by atoms with Crippen molar-refractivity contribution in [3.63, 3.8) is 0 Å². The number of thiazole rings is 1. The van der Waals surface area contributed by atoms with Gasteiger partial charge in [0.15, 0.2) is 5.76 Å². The van der Waals surface area contributed by atoms with Crippen molar-refractivity contribution < 1.29 is 14.0 Å². The van der Waals surface area contributed by atoms with Crippen LogP contribution < -0.4 is 10.6 Å². The number of carbonyl (C=O) groups is 2. The van der Waals surface area contributed by atoms with Crippen LogP contribution in [-0.2, 0) is 11.3 Å². The topological polar surface area (TPSA) is 84.2 Å². The van der Waals surface area contributed by atoms with Gasteiger partial charge in [0.2, 0.25) is 5.91 Å². The lowest BCUT2D eigenvalue weighted by molar-refractivity contribution is -0.124. The van der Waals surface area contributed by atoms with E-state index in [1.54, 1.807) is 34.8 Å². The molecule has 0 saturated heterocycles. The predicted molar refractivity (Wildman–Crippen MR) is 107 cm³/mol. The van der Waals surface area contributed by atoms with Gasteiger partial charge in [-0.3, -0.25) is 9.59 Å². The number of aromatic nitrogens is 1. The molecule has 0 unspecified atom stereocenters. The third-order valence-electron chi connectivity index (χ3n) is 3.95. The van der Waals surface area contributed by atoms with E-state index in [2.05, 4.69) is 15.6 Å².